The van der Waals surface area contributed by atoms with Crippen molar-refractivity contribution >= 4 is 23.2 Å². The molecule has 0 spiro atoms. The lowest BCUT2D eigenvalue weighted by molar-refractivity contribution is -0.384. The number of nitrogens with zero attached hydrogens (tertiary/aromatic N) is 1. The number of ether oxygens (including phenoxy) is 1. The van der Waals surface area contributed by atoms with Crippen LogP contribution in [-0.2, 0) is 4.79 Å². The molecule has 1 aliphatic heterocycles. The summed E-state index contributed by atoms with van der Waals surface area (Å²) in [6, 6.07) is 23.3. The Bertz CT molecular complexity index is 1220. The molecule has 0 fully saturated rings. The number of non-ortho nitro benzene ring substituents is 1. The highest BCUT2D eigenvalue weighted by Crippen LogP contribution is 2.42. The second-order valence-electron chi connectivity index (χ2n) is 8.54. The molecule has 0 aliphatic carbocycles. The van der Waals surface area contributed by atoms with Gasteiger partial charge < -0.3 is 10.1 Å². The van der Waals surface area contributed by atoms with E-state index in [1.54, 1.807) is 18.2 Å². The molecule has 3 aromatic carbocycles. The Morgan fingerprint density at radius 2 is 1.76 bits per heavy atom. The molecule has 0 bridgehead atoms. The number of nitrogens with one attached hydrogen (secondary N) is 1. The number of hydrogen-bond donors (Lipinski definition) is 1. The third-order valence-electron chi connectivity index (χ3n) is 6.51. The van der Waals surface area contributed by atoms with Gasteiger partial charge in [-0.1, -0.05) is 74.5 Å². The molecule has 0 saturated heterocycles. The number of carbonyl (C=O) groups excluding carboxylic acids is 1. The molecule has 3 aromatic rings. The largest absolute Gasteiger partial charge is 0.487 e. The van der Waals surface area contributed by atoms with Crippen LogP contribution < -0.4 is 10.1 Å². The van der Waals surface area contributed by atoms with Crippen LogP contribution in [0.3, 0.4) is 0 Å². The molecule has 1 N–H and O–H groups in total. The highest BCUT2D eigenvalue weighted by Gasteiger charge is 2.39. The van der Waals surface area contributed by atoms with Crippen molar-refractivity contribution in [3.63, 3.8) is 0 Å². The second-order valence-corrected chi connectivity index (χ2v) is 8.54. The van der Waals surface area contributed by atoms with Crippen LogP contribution in [0.15, 0.2) is 78.9 Å². The van der Waals surface area contributed by atoms with Crippen LogP contribution in [0, 0.1) is 10.1 Å². The van der Waals surface area contributed by atoms with Crippen LogP contribution in [-0.4, -0.2) is 16.4 Å². The number of carbonyl (C=O) groups is 1. The lowest BCUT2D eigenvalue weighted by atomic mass is 9.83. The maximum Gasteiger partial charge on any atom is 0.270 e. The number of benzene rings is 3. The highest BCUT2D eigenvalue weighted by atomic mass is 16.6. The number of para-hydroxylation sites is 1. The van der Waals surface area contributed by atoms with E-state index in [0.29, 0.717) is 17.6 Å². The van der Waals surface area contributed by atoms with E-state index in [1.807, 2.05) is 54.6 Å². The highest BCUT2D eigenvalue weighted by molar-refractivity contribution is 6.24. The first-order chi connectivity index (χ1) is 16.4. The monoisotopic (exact) mass is 456 g/mol. The van der Waals surface area contributed by atoms with E-state index >= 15 is 0 Å². The van der Waals surface area contributed by atoms with Gasteiger partial charge in [-0.15, -0.1) is 0 Å². The topological polar surface area (TPSA) is 81.5 Å². The van der Waals surface area contributed by atoms with Crippen LogP contribution in [0.2, 0.25) is 0 Å². The summed E-state index contributed by atoms with van der Waals surface area (Å²) in [5, 5.41) is 14.5. The zero-order chi connectivity index (χ0) is 24.1. The molecule has 0 aromatic heterocycles. The van der Waals surface area contributed by atoms with Crippen LogP contribution in [0.25, 0.3) is 11.6 Å². The van der Waals surface area contributed by atoms with Gasteiger partial charge in [0, 0.05) is 29.7 Å². The third-order valence-corrected chi connectivity index (χ3v) is 6.51. The lowest BCUT2D eigenvalue weighted by Crippen LogP contribution is -2.44. The average molecular weight is 457 g/mol. The molecule has 6 heteroatoms. The van der Waals surface area contributed by atoms with Crippen molar-refractivity contribution < 1.29 is 14.5 Å². The summed E-state index contributed by atoms with van der Waals surface area (Å²) >= 11 is 0. The summed E-state index contributed by atoms with van der Waals surface area (Å²) in [5.41, 5.74) is 2.37. The number of fused-ring (bicyclic) bond motifs is 1. The molecule has 4 rings (SSSR count). The van der Waals surface area contributed by atoms with Gasteiger partial charge in [0.2, 0.25) is 0 Å². The maximum atomic E-state index is 13.7. The number of amides is 1. The van der Waals surface area contributed by atoms with Gasteiger partial charge in [-0.3, -0.25) is 14.9 Å². The van der Waals surface area contributed by atoms with Gasteiger partial charge in [0.1, 0.15) is 11.4 Å². The van der Waals surface area contributed by atoms with E-state index in [0.717, 1.165) is 29.7 Å². The van der Waals surface area contributed by atoms with E-state index in [-0.39, 0.29) is 23.2 Å². The summed E-state index contributed by atoms with van der Waals surface area (Å²) in [5.74, 6) is 0.562. The zero-order valence-electron chi connectivity index (χ0n) is 19.4. The zero-order valence-corrected chi connectivity index (χ0v) is 19.4. The van der Waals surface area contributed by atoms with Crippen LogP contribution in [0.1, 0.15) is 55.8 Å². The van der Waals surface area contributed by atoms with E-state index in [4.69, 9.17) is 4.74 Å². The molecular weight excluding hydrogens is 428 g/mol. The molecule has 1 atom stereocenters. The molecule has 1 amide bonds. The fourth-order valence-corrected chi connectivity index (χ4v) is 4.46. The molecule has 0 radical (unpaired) electrons. The molecule has 1 aliphatic rings. The standard InChI is InChI=1S/C28H28N2O4/c1-3-28(4-2)19-25(23-15-8-9-16-26(23)34-28)29-27(31)24(21-12-6-5-7-13-21)18-20-11-10-14-22(17-20)30(32)33/h5-18,25H,3-4,19H2,1-2H3,(H,29,31)/b24-18+/t25-/m1/s1. The summed E-state index contributed by atoms with van der Waals surface area (Å²) in [6.07, 6.45) is 4.04. The Labute approximate surface area is 199 Å². The minimum atomic E-state index is -0.437. The number of nitro benzene ring substituents is 1. The minimum Gasteiger partial charge on any atom is -0.487 e. The third kappa shape index (κ3) is 4.86. The quantitative estimate of drug-likeness (QED) is 0.195. The molecule has 174 valence electrons. The van der Waals surface area contributed by atoms with Crippen molar-refractivity contribution in [2.45, 2.75) is 44.8 Å². The Kier molecular flexibility index (Phi) is 6.77. The SMILES string of the molecule is CCC1(CC)C[C@@H](NC(=O)/C(=C/c2cccc([N+](=O)[O-])c2)c2ccccc2)c2ccccc2O1. The predicted molar refractivity (Wildman–Crippen MR) is 133 cm³/mol. The second kappa shape index (κ2) is 9.91. The van der Waals surface area contributed by atoms with Gasteiger partial charge in [-0.25, -0.2) is 0 Å². The van der Waals surface area contributed by atoms with Gasteiger partial charge in [0.05, 0.1) is 11.0 Å². The van der Waals surface area contributed by atoms with Crippen molar-refractivity contribution in [2.75, 3.05) is 0 Å². The summed E-state index contributed by atoms with van der Waals surface area (Å²) in [7, 11) is 0. The van der Waals surface area contributed by atoms with Crippen molar-refractivity contribution in [2.24, 2.45) is 0 Å². The van der Waals surface area contributed by atoms with Crippen LogP contribution >= 0.6 is 0 Å². The predicted octanol–water partition coefficient (Wildman–Crippen LogP) is 6.33. The Hall–Kier alpha value is -3.93. The van der Waals surface area contributed by atoms with Crippen molar-refractivity contribution in [3.8, 4) is 5.75 Å². The van der Waals surface area contributed by atoms with E-state index in [2.05, 4.69) is 19.2 Å². The first-order valence-corrected chi connectivity index (χ1v) is 11.5. The van der Waals surface area contributed by atoms with Gasteiger partial charge in [-0.2, -0.15) is 0 Å². The van der Waals surface area contributed by atoms with Crippen LogP contribution in [0.5, 0.6) is 5.75 Å². The van der Waals surface area contributed by atoms with Crippen LogP contribution in [0.4, 0.5) is 5.69 Å². The Morgan fingerprint density at radius 1 is 1.06 bits per heavy atom. The van der Waals surface area contributed by atoms with Crippen molar-refractivity contribution in [1.29, 1.82) is 0 Å². The van der Waals surface area contributed by atoms with Gasteiger partial charge in [0.25, 0.3) is 11.6 Å². The maximum absolute atomic E-state index is 13.7. The van der Waals surface area contributed by atoms with Gasteiger partial charge in [0.15, 0.2) is 0 Å². The van der Waals surface area contributed by atoms with Gasteiger partial charge >= 0.3 is 0 Å². The Morgan fingerprint density at radius 3 is 2.47 bits per heavy atom. The minimum absolute atomic E-state index is 0.0180. The van der Waals surface area contributed by atoms with Crippen molar-refractivity contribution in [3.05, 3.63) is 106 Å². The molecule has 0 unspecified atom stereocenters. The molecule has 0 saturated carbocycles. The van der Waals surface area contributed by atoms with Gasteiger partial charge in [-0.05, 0) is 36.1 Å². The normalized spacial score (nSPS) is 16.8. The average Bonchev–Trinajstić information content (AvgIpc) is 2.87. The van der Waals surface area contributed by atoms with Crippen molar-refractivity contribution in [1.82, 2.24) is 5.32 Å². The smallest absolute Gasteiger partial charge is 0.270 e. The lowest BCUT2D eigenvalue weighted by Gasteiger charge is -2.41. The van der Waals surface area contributed by atoms with E-state index < -0.39 is 4.92 Å². The molecule has 1 heterocycles. The van der Waals surface area contributed by atoms with E-state index in [1.165, 1.54) is 12.1 Å². The molecular formula is C28H28N2O4. The summed E-state index contributed by atoms with van der Waals surface area (Å²) < 4.78 is 6.38. The molecule has 34 heavy (non-hydrogen) atoms. The van der Waals surface area contributed by atoms with E-state index in [9.17, 15) is 14.9 Å². The fraction of sp³-hybridized carbons (Fsp3) is 0.250. The molecule has 6 nitrogen and oxygen atoms in total. The summed E-state index contributed by atoms with van der Waals surface area (Å²) in [4.78, 5) is 24.5. The first kappa shape index (κ1) is 23.2. The number of hydrogen-bond acceptors (Lipinski definition) is 4. The number of rotatable bonds is 7. The number of nitro groups is 1. The first-order valence-electron chi connectivity index (χ1n) is 11.5. The summed E-state index contributed by atoms with van der Waals surface area (Å²) in [6.45, 7) is 4.21. The Balaban J connectivity index is 1.72. The fourth-order valence-electron chi connectivity index (χ4n) is 4.46.